The number of hydrogen-bond acceptors (Lipinski definition) is 11. The highest BCUT2D eigenvalue weighted by molar-refractivity contribution is 5.02. The molecule has 232 valence electrons. The van der Waals surface area contributed by atoms with Gasteiger partial charge in [-0.2, -0.15) is 0 Å². The number of aliphatic hydroxyl groups is 2. The van der Waals surface area contributed by atoms with E-state index in [2.05, 4.69) is 39.5 Å². The molecule has 11 heteroatoms. The molecule has 0 unspecified atom stereocenters. The molecule has 0 radical (unpaired) electrons. The van der Waals surface area contributed by atoms with E-state index in [0.29, 0.717) is 0 Å². The van der Waals surface area contributed by atoms with Crippen molar-refractivity contribution in [3.8, 4) is 0 Å². The average Bonchev–Trinajstić information content (AvgIpc) is 3.24. The summed E-state index contributed by atoms with van der Waals surface area (Å²) >= 11 is 0. The molecule has 11 nitrogen and oxygen atoms in total. The van der Waals surface area contributed by atoms with Crippen LogP contribution in [0.5, 0.6) is 0 Å². The fourth-order valence-electron chi connectivity index (χ4n) is 4.49. The maximum absolute atomic E-state index is 11.1. The molecule has 2 aliphatic rings. The third-order valence-electron chi connectivity index (χ3n) is 6.19. The second kappa shape index (κ2) is 19.2. The minimum Gasteiger partial charge on any atom is -0.387 e. The normalized spacial score (nSPS) is 33.2. The predicted octanol–water partition coefficient (Wildman–Crippen LogP) is 1.87. The van der Waals surface area contributed by atoms with Gasteiger partial charge in [0.2, 0.25) is 5.79 Å². The molecule has 9 atom stereocenters. The molecule has 0 amide bonds. The van der Waals surface area contributed by atoms with Crippen LogP contribution in [0, 0.1) is 0 Å². The smallest absolute Gasteiger partial charge is 0.224 e. The Morgan fingerprint density at radius 2 is 1.12 bits per heavy atom. The summed E-state index contributed by atoms with van der Waals surface area (Å²) in [6.45, 7) is 23.2. The minimum atomic E-state index is -1.64. The summed E-state index contributed by atoms with van der Waals surface area (Å²) in [7, 11) is 0. The molecule has 2 aliphatic heterocycles. The molecule has 0 aromatic carbocycles. The summed E-state index contributed by atoms with van der Waals surface area (Å²) < 4.78 is 54.4. The summed E-state index contributed by atoms with van der Waals surface area (Å²) in [5.74, 6) is -1.64. The van der Waals surface area contributed by atoms with E-state index in [1.165, 1.54) is 6.08 Å². The average molecular weight is 583 g/mol. The molecule has 0 aliphatic carbocycles. The lowest BCUT2D eigenvalue weighted by Gasteiger charge is -2.45. The van der Waals surface area contributed by atoms with Gasteiger partial charge in [0.15, 0.2) is 6.29 Å². The first-order chi connectivity index (χ1) is 19.9. The lowest BCUT2D eigenvalue weighted by atomic mass is 9.98. The van der Waals surface area contributed by atoms with Crippen LogP contribution in [-0.2, 0) is 42.6 Å². The monoisotopic (exact) mass is 582 g/mol. The van der Waals surface area contributed by atoms with Crippen LogP contribution in [0.15, 0.2) is 75.9 Å². The molecule has 2 rings (SSSR count). The van der Waals surface area contributed by atoms with Gasteiger partial charge in [0.25, 0.3) is 0 Å². The Bertz CT molecular complexity index is 818. The van der Waals surface area contributed by atoms with Crippen LogP contribution < -0.4 is 0 Å². The summed E-state index contributed by atoms with van der Waals surface area (Å²) in [5.41, 5.74) is 0. The number of hydrogen-bond donors (Lipinski definition) is 2. The second-order valence-electron chi connectivity index (χ2n) is 9.28. The van der Waals surface area contributed by atoms with Crippen LogP contribution in [0.1, 0.15) is 0 Å². The van der Waals surface area contributed by atoms with Gasteiger partial charge in [0.05, 0.1) is 52.9 Å². The van der Waals surface area contributed by atoms with Gasteiger partial charge in [-0.15, -0.1) is 39.5 Å². The van der Waals surface area contributed by atoms with Crippen molar-refractivity contribution in [2.75, 3.05) is 59.5 Å². The van der Waals surface area contributed by atoms with Crippen LogP contribution in [0.4, 0.5) is 0 Å². The highest BCUT2D eigenvalue weighted by Gasteiger charge is 2.61. The Kier molecular flexibility index (Phi) is 16.5. The van der Waals surface area contributed by atoms with Crippen molar-refractivity contribution in [1.29, 1.82) is 0 Å². The van der Waals surface area contributed by atoms with Crippen LogP contribution in [0.3, 0.4) is 0 Å². The van der Waals surface area contributed by atoms with Crippen LogP contribution in [0.2, 0.25) is 0 Å². The Hall–Kier alpha value is -2.00. The molecule has 2 N–H and O–H groups in total. The Labute approximate surface area is 243 Å². The predicted molar refractivity (Wildman–Crippen MR) is 152 cm³/mol. The standard InChI is InChI=1S/C30H46O11/c1-7-13-33-19-22-24(31)25(32)27(37-17-11-5)29(39-22)41-30(21-35-15-9-3)28(38-18-12-6)26(36-16-10-4)23(40-30)20-34-14-8-2/h7-12,22-29,31-32H,1-6,13-21H2/t22-,23-,24-,25+,26-,27-,28+,29-,30+/m1/s1. The molecule has 0 saturated carbocycles. The van der Waals surface area contributed by atoms with Crippen LogP contribution >= 0.6 is 0 Å². The van der Waals surface area contributed by atoms with Crippen molar-refractivity contribution >= 4 is 0 Å². The van der Waals surface area contributed by atoms with E-state index in [4.69, 9.17) is 42.6 Å². The van der Waals surface area contributed by atoms with Gasteiger partial charge in [-0.25, -0.2) is 0 Å². The van der Waals surface area contributed by atoms with E-state index in [0.717, 1.165) is 0 Å². The van der Waals surface area contributed by atoms with Gasteiger partial charge < -0.3 is 52.8 Å². The highest BCUT2D eigenvalue weighted by Crippen LogP contribution is 2.40. The summed E-state index contributed by atoms with van der Waals surface area (Å²) in [5, 5.41) is 21.9. The molecular formula is C30H46O11. The zero-order valence-electron chi connectivity index (χ0n) is 23.8. The van der Waals surface area contributed by atoms with Gasteiger partial charge in [0.1, 0.15) is 49.3 Å². The Morgan fingerprint density at radius 3 is 1.71 bits per heavy atom. The first kappa shape index (κ1) is 35.2. The van der Waals surface area contributed by atoms with Crippen molar-refractivity contribution in [3.63, 3.8) is 0 Å². The molecule has 2 saturated heterocycles. The fourth-order valence-corrected chi connectivity index (χ4v) is 4.49. The number of aliphatic hydroxyl groups excluding tert-OH is 2. The molecule has 0 bridgehead atoms. The van der Waals surface area contributed by atoms with E-state index in [1.807, 2.05) is 0 Å². The second-order valence-corrected chi connectivity index (χ2v) is 9.28. The van der Waals surface area contributed by atoms with Gasteiger partial charge >= 0.3 is 0 Å². The Balaban J connectivity index is 2.51. The molecule has 41 heavy (non-hydrogen) atoms. The highest BCUT2D eigenvalue weighted by atomic mass is 16.8. The topological polar surface area (TPSA) is 124 Å². The van der Waals surface area contributed by atoms with Gasteiger partial charge in [-0.1, -0.05) is 36.5 Å². The van der Waals surface area contributed by atoms with E-state index in [-0.39, 0.29) is 59.5 Å². The van der Waals surface area contributed by atoms with E-state index < -0.39 is 54.8 Å². The first-order valence-electron chi connectivity index (χ1n) is 13.5. The molecule has 0 aromatic heterocycles. The number of ether oxygens (including phenoxy) is 9. The fraction of sp³-hybridized carbons (Fsp3) is 0.600. The minimum absolute atomic E-state index is 0.0431. The van der Waals surface area contributed by atoms with Crippen molar-refractivity contribution in [2.45, 2.75) is 54.8 Å². The first-order valence-corrected chi connectivity index (χ1v) is 13.5. The molecule has 2 fully saturated rings. The van der Waals surface area contributed by atoms with Gasteiger partial charge in [-0.05, 0) is 0 Å². The molecule has 2 heterocycles. The maximum atomic E-state index is 11.1. The maximum Gasteiger partial charge on any atom is 0.224 e. The van der Waals surface area contributed by atoms with E-state index in [1.54, 1.807) is 30.4 Å². The summed E-state index contributed by atoms with van der Waals surface area (Å²) in [6, 6.07) is 0. The van der Waals surface area contributed by atoms with Gasteiger partial charge in [0, 0.05) is 0 Å². The van der Waals surface area contributed by atoms with Crippen molar-refractivity contribution in [2.24, 2.45) is 0 Å². The third kappa shape index (κ3) is 10.1. The molecular weight excluding hydrogens is 536 g/mol. The SMILES string of the molecule is C=CCOC[C@H]1O[C@H](O[C@]2(COCC=C)O[C@H](COCC=C)[C@@H](OCC=C)[C@@H]2OCC=C)[C@H](OCC=C)[C@@H](O)[C@@H]1O. The Morgan fingerprint density at radius 1 is 0.610 bits per heavy atom. The van der Waals surface area contributed by atoms with Crippen molar-refractivity contribution in [3.05, 3.63) is 75.9 Å². The van der Waals surface area contributed by atoms with Crippen molar-refractivity contribution < 1.29 is 52.8 Å². The lowest BCUT2D eigenvalue weighted by Crippen LogP contribution is -2.64. The summed E-state index contributed by atoms with van der Waals surface area (Å²) in [6.07, 6.45) is 1.13. The zero-order valence-corrected chi connectivity index (χ0v) is 23.8. The van der Waals surface area contributed by atoms with E-state index in [9.17, 15) is 10.2 Å². The largest absolute Gasteiger partial charge is 0.387 e. The van der Waals surface area contributed by atoms with Crippen LogP contribution in [0.25, 0.3) is 0 Å². The number of rotatable bonds is 23. The quantitative estimate of drug-likeness (QED) is 0.136. The van der Waals surface area contributed by atoms with Crippen molar-refractivity contribution in [1.82, 2.24) is 0 Å². The molecule has 0 aromatic rings. The lowest BCUT2D eigenvalue weighted by molar-refractivity contribution is -0.390. The van der Waals surface area contributed by atoms with Gasteiger partial charge in [-0.3, -0.25) is 0 Å². The zero-order chi connectivity index (χ0) is 30.1. The third-order valence-corrected chi connectivity index (χ3v) is 6.19. The molecule has 0 spiro atoms. The van der Waals surface area contributed by atoms with E-state index >= 15 is 0 Å². The summed E-state index contributed by atoms with van der Waals surface area (Å²) in [4.78, 5) is 0. The van der Waals surface area contributed by atoms with Crippen LogP contribution in [-0.4, -0.2) is 124 Å².